The summed E-state index contributed by atoms with van der Waals surface area (Å²) in [7, 11) is 3.06. The van der Waals surface area contributed by atoms with Crippen molar-refractivity contribution in [1.82, 2.24) is 5.32 Å². The third-order valence-corrected chi connectivity index (χ3v) is 4.42. The molecule has 164 valence electrons. The number of nitrogens with one attached hydrogen (secondary N) is 1. The monoisotopic (exact) mass is 435 g/mol. The summed E-state index contributed by atoms with van der Waals surface area (Å²) in [6.45, 7) is 3.73. The molecule has 1 amide bonds. The molecule has 0 bridgehead atoms. The molecule has 32 heavy (non-hydrogen) atoms. The summed E-state index contributed by atoms with van der Waals surface area (Å²) in [5.74, 6) is 0.149. The predicted molar refractivity (Wildman–Crippen MR) is 119 cm³/mol. The van der Waals surface area contributed by atoms with Crippen molar-refractivity contribution in [2.45, 2.75) is 0 Å². The number of methoxy groups -OCH3 is 2. The number of benzene rings is 2. The quantitative estimate of drug-likeness (QED) is 0.190. The maximum Gasteiger partial charge on any atom is 0.349 e. The highest BCUT2D eigenvalue weighted by Crippen LogP contribution is 2.26. The van der Waals surface area contributed by atoms with E-state index in [4.69, 9.17) is 18.6 Å². The molecule has 2 aromatic carbocycles. The summed E-state index contributed by atoms with van der Waals surface area (Å²) in [5.41, 5.74) is -0.0760. The van der Waals surface area contributed by atoms with Gasteiger partial charge in [-0.15, -0.1) is 6.58 Å². The molecule has 0 saturated carbocycles. The van der Waals surface area contributed by atoms with Crippen molar-refractivity contribution in [3.05, 3.63) is 82.7 Å². The van der Waals surface area contributed by atoms with Gasteiger partial charge in [0.2, 0.25) is 0 Å². The van der Waals surface area contributed by atoms with E-state index in [0.717, 1.165) is 0 Å². The molecule has 0 atom stereocenters. The molecule has 0 fully saturated rings. The van der Waals surface area contributed by atoms with Crippen LogP contribution in [-0.4, -0.2) is 32.6 Å². The number of rotatable bonds is 8. The zero-order chi connectivity index (χ0) is 23.1. The molecule has 0 aliphatic carbocycles. The lowest BCUT2D eigenvalue weighted by Crippen LogP contribution is -2.28. The average molecular weight is 435 g/mol. The second kappa shape index (κ2) is 10.1. The summed E-state index contributed by atoms with van der Waals surface area (Å²) in [4.78, 5) is 36.4. The molecule has 8 nitrogen and oxygen atoms in total. The van der Waals surface area contributed by atoms with Gasteiger partial charge in [-0.2, -0.15) is 0 Å². The average Bonchev–Trinajstić information content (AvgIpc) is 2.80. The van der Waals surface area contributed by atoms with Gasteiger partial charge in [0.15, 0.2) is 0 Å². The van der Waals surface area contributed by atoms with E-state index in [9.17, 15) is 14.4 Å². The third-order valence-electron chi connectivity index (χ3n) is 4.42. The van der Waals surface area contributed by atoms with Crippen LogP contribution in [0.1, 0.15) is 15.9 Å². The largest absolute Gasteiger partial charge is 0.497 e. The van der Waals surface area contributed by atoms with E-state index in [1.54, 1.807) is 37.5 Å². The number of ether oxygens (including phenoxy) is 3. The van der Waals surface area contributed by atoms with Crippen LogP contribution in [-0.2, 0) is 4.79 Å². The highest BCUT2D eigenvalue weighted by Gasteiger charge is 2.14. The van der Waals surface area contributed by atoms with Crippen molar-refractivity contribution in [3.8, 4) is 17.2 Å². The van der Waals surface area contributed by atoms with Crippen molar-refractivity contribution in [2.75, 3.05) is 20.8 Å². The van der Waals surface area contributed by atoms with E-state index in [-0.39, 0.29) is 23.4 Å². The maximum absolute atomic E-state index is 12.2. The molecular formula is C24H21NO7. The number of amides is 1. The van der Waals surface area contributed by atoms with Crippen LogP contribution in [0, 0.1) is 0 Å². The second-order valence-corrected chi connectivity index (χ2v) is 6.51. The first kappa shape index (κ1) is 22.4. The highest BCUT2D eigenvalue weighted by molar-refractivity contribution is 5.97. The Balaban J connectivity index is 1.77. The first-order valence-electron chi connectivity index (χ1n) is 9.54. The van der Waals surface area contributed by atoms with Crippen molar-refractivity contribution in [1.29, 1.82) is 0 Å². The van der Waals surface area contributed by atoms with Gasteiger partial charge >= 0.3 is 11.6 Å². The van der Waals surface area contributed by atoms with Gasteiger partial charge in [-0.05, 0) is 36.4 Å². The summed E-state index contributed by atoms with van der Waals surface area (Å²) in [6.07, 6.45) is 4.30. The minimum absolute atomic E-state index is 0.125. The van der Waals surface area contributed by atoms with Gasteiger partial charge in [0.05, 0.1) is 14.2 Å². The molecule has 1 heterocycles. The van der Waals surface area contributed by atoms with Crippen LogP contribution >= 0.6 is 0 Å². The molecule has 1 aromatic heterocycles. The number of carbonyl (C=O) groups excluding carboxylic acids is 2. The Bertz CT molecular complexity index is 1260. The Morgan fingerprint density at radius 1 is 1.06 bits per heavy atom. The van der Waals surface area contributed by atoms with Crippen LogP contribution < -0.4 is 25.2 Å². The van der Waals surface area contributed by atoms with Crippen LogP contribution in [0.15, 0.2) is 70.4 Å². The third kappa shape index (κ3) is 5.23. The number of hydrogen-bond acceptors (Lipinski definition) is 7. The van der Waals surface area contributed by atoms with Crippen molar-refractivity contribution < 1.29 is 28.2 Å². The zero-order valence-corrected chi connectivity index (χ0v) is 17.5. The highest BCUT2D eigenvalue weighted by atomic mass is 16.5. The number of fused-ring (bicyclic) bond motifs is 1. The van der Waals surface area contributed by atoms with E-state index in [1.807, 2.05) is 0 Å². The van der Waals surface area contributed by atoms with Gasteiger partial charge in [0, 0.05) is 35.7 Å². The van der Waals surface area contributed by atoms with Gasteiger partial charge in [-0.1, -0.05) is 6.08 Å². The Hall–Kier alpha value is -4.33. The maximum atomic E-state index is 12.2. The molecule has 0 spiro atoms. The fourth-order valence-corrected chi connectivity index (χ4v) is 2.84. The minimum Gasteiger partial charge on any atom is -0.497 e. The summed E-state index contributed by atoms with van der Waals surface area (Å²) < 4.78 is 20.9. The van der Waals surface area contributed by atoms with Crippen LogP contribution in [0.25, 0.3) is 17.0 Å². The van der Waals surface area contributed by atoms with Crippen LogP contribution in [0.5, 0.6) is 17.2 Å². The lowest BCUT2D eigenvalue weighted by atomic mass is 10.1. The van der Waals surface area contributed by atoms with E-state index in [2.05, 4.69) is 11.9 Å². The van der Waals surface area contributed by atoms with E-state index in [0.29, 0.717) is 22.4 Å². The Morgan fingerprint density at radius 3 is 2.56 bits per heavy atom. The standard InChI is InChI=1S/C24H21NO7/c1-4-11-25-23(27)19-12-16-6-9-18(14-21(16)32-24(19)28)31-22(26)10-7-15-5-8-17(29-2)13-20(15)30-3/h4-10,12-14H,1,11H2,2-3H3,(H,25,27)/b10-7+. The van der Waals surface area contributed by atoms with Crippen molar-refractivity contribution in [2.24, 2.45) is 0 Å². The molecule has 0 aliphatic rings. The molecule has 8 heteroatoms. The van der Waals surface area contributed by atoms with Gasteiger partial charge < -0.3 is 23.9 Å². The predicted octanol–water partition coefficient (Wildman–Crippen LogP) is 3.34. The normalized spacial score (nSPS) is 10.7. The van der Waals surface area contributed by atoms with Crippen LogP contribution in [0.3, 0.4) is 0 Å². The topological polar surface area (TPSA) is 104 Å². The second-order valence-electron chi connectivity index (χ2n) is 6.51. The number of carbonyl (C=O) groups is 2. The Kier molecular flexibility index (Phi) is 7.07. The van der Waals surface area contributed by atoms with E-state index in [1.165, 1.54) is 37.5 Å². The van der Waals surface area contributed by atoms with Crippen molar-refractivity contribution >= 4 is 28.9 Å². The molecule has 0 unspecified atom stereocenters. The lowest BCUT2D eigenvalue weighted by Gasteiger charge is -2.07. The lowest BCUT2D eigenvalue weighted by molar-refractivity contribution is -0.128. The SMILES string of the molecule is C=CCNC(=O)c1cc2ccc(OC(=O)/C=C/c3ccc(OC)cc3OC)cc2oc1=O. The molecule has 1 N–H and O–H groups in total. The molecule has 0 saturated heterocycles. The van der Waals surface area contributed by atoms with Gasteiger partial charge in [0.1, 0.15) is 28.4 Å². The van der Waals surface area contributed by atoms with E-state index < -0.39 is 17.5 Å². The van der Waals surface area contributed by atoms with Crippen LogP contribution in [0.4, 0.5) is 0 Å². The molecule has 3 aromatic rings. The zero-order valence-electron chi connectivity index (χ0n) is 17.5. The van der Waals surface area contributed by atoms with Crippen LogP contribution in [0.2, 0.25) is 0 Å². The number of esters is 1. The Morgan fingerprint density at radius 2 is 1.84 bits per heavy atom. The van der Waals surface area contributed by atoms with Gasteiger partial charge in [-0.3, -0.25) is 4.79 Å². The first-order valence-corrected chi connectivity index (χ1v) is 9.54. The fraction of sp³-hybridized carbons (Fsp3) is 0.125. The minimum atomic E-state index is -0.797. The molecular weight excluding hydrogens is 414 g/mol. The Labute approximate surface area is 183 Å². The van der Waals surface area contributed by atoms with Crippen molar-refractivity contribution in [3.63, 3.8) is 0 Å². The molecule has 0 radical (unpaired) electrons. The first-order chi connectivity index (χ1) is 15.4. The molecule has 3 rings (SSSR count). The number of hydrogen-bond donors (Lipinski definition) is 1. The summed E-state index contributed by atoms with van der Waals surface area (Å²) >= 11 is 0. The van der Waals surface area contributed by atoms with E-state index >= 15 is 0 Å². The molecule has 0 aliphatic heterocycles. The van der Waals surface area contributed by atoms with Gasteiger partial charge in [-0.25, -0.2) is 9.59 Å². The summed E-state index contributed by atoms with van der Waals surface area (Å²) in [5, 5.41) is 3.03. The summed E-state index contributed by atoms with van der Waals surface area (Å²) in [6, 6.07) is 11.1. The smallest absolute Gasteiger partial charge is 0.349 e. The van der Waals surface area contributed by atoms with Gasteiger partial charge in [0.25, 0.3) is 5.91 Å². The fourth-order valence-electron chi connectivity index (χ4n) is 2.84.